The molecule has 0 N–H and O–H groups in total. The average molecular weight is 658 g/mol. The number of rotatable bonds is 13. The quantitative estimate of drug-likeness (QED) is 0.200. The van der Waals surface area contributed by atoms with Gasteiger partial charge in [0, 0.05) is 35.6 Å². The van der Waals surface area contributed by atoms with Crippen LogP contribution in [0.2, 0.25) is 10.0 Å². The molecule has 0 bridgehead atoms. The number of amides is 1. The van der Waals surface area contributed by atoms with E-state index in [-0.39, 0.29) is 43.1 Å². The maximum absolute atomic E-state index is 14.7. The largest absolute Gasteiger partial charge is 0.332 e. The second-order valence-corrected chi connectivity index (χ2v) is 16.4. The Morgan fingerprint density at radius 2 is 1.76 bits per heavy atom. The lowest BCUT2D eigenvalue weighted by Crippen LogP contribution is -2.57. The number of piperidine rings is 1. The molecular weight excluding hydrogens is 619 g/mol. The summed E-state index contributed by atoms with van der Waals surface area (Å²) in [6.07, 6.45) is 4.74. The molecular formula is C30H38Cl2N2O6S2. The topological polar surface area (TPSA) is 101 Å². The smallest absolute Gasteiger partial charge is 0.264 e. The summed E-state index contributed by atoms with van der Waals surface area (Å²) in [5.74, 6) is -0.578. The Hall–Kier alpha value is -1.95. The molecule has 2 fully saturated rings. The highest BCUT2D eigenvalue weighted by molar-refractivity contribution is 7.90. The van der Waals surface area contributed by atoms with E-state index in [1.54, 1.807) is 36.2 Å². The molecule has 1 saturated heterocycles. The molecule has 1 aliphatic heterocycles. The number of allylic oxidation sites excluding steroid dienone is 1. The molecule has 2 aromatic rings. The summed E-state index contributed by atoms with van der Waals surface area (Å²) in [6, 6.07) is 13.9. The van der Waals surface area contributed by atoms with Crippen LogP contribution in [0.5, 0.6) is 0 Å². The molecule has 230 valence electrons. The number of halogens is 2. The highest BCUT2D eigenvalue weighted by Crippen LogP contribution is 2.52. The Labute approximate surface area is 259 Å². The molecule has 0 aromatic heterocycles. The highest BCUT2D eigenvalue weighted by atomic mass is 35.5. The molecule has 12 heteroatoms. The van der Waals surface area contributed by atoms with Gasteiger partial charge in [-0.15, -0.1) is 6.58 Å². The fourth-order valence-corrected chi connectivity index (χ4v) is 8.25. The summed E-state index contributed by atoms with van der Waals surface area (Å²) in [7, 11) is -5.67. The normalized spacial score (nSPS) is 24.1. The molecule has 1 saturated carbocycles. The molecule has 4 rings (SSSR count). The lowest BCUT2D eigenvalue weighted by molar-refractivity contribution is -0.157. The maximum atomic E-state index is 14.7. The lowest BCUT2D eigenvalue weighted by Gasteiger charge is -2.52. The molecule has 1 aliphatic carbocycles. The monoisotopic (exact) mass is 656 g/mol. The molecule has 1 heterocycles. The van der Waals surface area contributed by atoms with E-state index in [2.05, 4.69) is 6.58 Å². The molecule has 1 amide bonds. The molecule has 42 heavy (non-hydrogen) atoms. The van der Waals surface area contributed by atoms with Crippen molar-refractivity contribution >= 4 is 49.3 Å². The van der Waals surface area contributed by atoms with Gasteiger partial charge in [0.1, 0.15) is 0 Å². The minimum Gasteiger partial charge on any atom is -0.332 e. The van der Waals surface area contributed by atoms with E-state index in [4.69, 9.17) is 27.4 Å². The van der Waals surface area contributed by atoms with Crippen LogP contribution >= 0.6 is 23.2 Å². The van der Waals surface area contributed by atoms with E-state index >= 15 is 0 Å². The van der Waals surface area contributed by atoms with Crippen molar-refractivity contribution in [2.75, 3.05) is 26.5 Å². The zero-order chi connectivity index (χ0) is 30.9. The Balaban J connectivity index is 1.82. The van der Waals surface area contributed by atoms with Crippen molar-refractivity contribution in [1.29, 1.82) is 0 Å². The first-order valence-corrected chi connectivity index (χ1v) is 18.0. The fraction of sp³-hybridized carbons (Fsp3) is 0.500. The number of nitrogens with zero attached hydrogens (tertiary/aromatic N) is 2. The van der Waals surface area contributed by atoms with Gasteiger partial charge in [-0.1, -0.05) is 53.5 Å². The van der Waals surface area contributed by atoms with Crippen molar-refractivity contribution in [2.45, 2.75) is 62.3 Å². The van der Waals surface area contributed by atoms with E-state index in [0.29, 0.717) is 29.3 Å². The van der Waals surface area contributed by atoms with Crippen molar-refractivity contribution in [3.63, 3.8) is 0 Å². The Morgan fingerprint density at radius 3 is 2.33 bits per heavy atom. The van der Waals surface area contributed by atoms with Crippen LogP contribution in [0.3, 0.4) is 0 Å². The first-order valence-electron chi connectivity index (χ1n) is 13.9. The Kier molecular flexibility index (Phi) is 10.2. The SMILES string of the molecule is C=CC[C@@]1(COS(C)(=O)=O)C[C@H](c2cccc(Cl)c2)[C@@H](c2ccc(Cl)cc2)N([C@@H](C)CCN(C)S(=O)(=O)C2CC2)C1=O. The molecule has 0 unspecified atom stereocenters. The van der Waals surface area contributed by atoms with Crippen molar-refractivity contribution in [2.24, 2.45) is 5.41 Å². The van der Waals surface area contributed by atoms with Crippen LogP contribution in [0, 0.1) is 5.41 Å². The Morgan fingerprint density at radius 1 is 1.10 bits per heavy atom. The number of hydrogen-bond acceptors (Lipinski definition) is 6. The summed E-state index contributed by atoms with van der Waals surface area (Å²) in [5.41, 5.74) is 0.495. The molecule has 2 aromatic carbocycles. The second kappa shape index (κ2) is 13.0. The molecule has 0 radical (unpaired) electrons. The number of carbonyl (C=O) groups excluding carboxylic acids is 1. The third-order valence-corrected chi connectivity index (χ3v) is 11.7. The summed E-state index contributed by atoms with van der Waals surface area (Å²) in [5, 5.41) is 0.749. The van der Waals surface area contributed by atoms with Gasteiger partial charge in [-0.2, -0.15) is 8.42 Å². The van der Waals surface area contributed by atoms with Crippen LogP contribution in [0.15, 0.2) is 61.2 Å². The van der Waals surface area contributed by atoms with Gasteiger partial charge < -0.3 is 4.90 Å². The molecule has 0 spiro atoms. The number of hydrogen-bond donors (Lipinski definition) is 0. The van der Waals surface area contributed by atoms with Crippen LogP contribution in [0.4, 0.5) is 0 Å². The van der Waals surface area contributed by atoms with Gasteiger partial charge in [0.15, 0.2) is 0 Å². The van der Waals surface area contributed by atoms with Gasteiger partial charge in [0.2, 0.25) is 15.9 Å². The van der Waals surface area contributed by atoms with Crippen LogP contribution in [0.1, 0.15) is 62.1 Å². The van der Waals surface area contributed by atoms with Gasteiger partial charge in [0.05, 0.1) is 29.6 Å². The van der Waals surface area contributed by atoms with Gasteiger partial charge in [-0.25, -0.2) is 12.7 Å². The van der Waals surface area contributed by atoms with Gasteiger partial charge in [-0.3, -0.25) is 8.98 Å². The van der Waals surface area contributed by atoms with E-state index in [1.807, 2.05) is 37.3 Å². The predicted molar refractivity (Wildman–Crippen MR) is 167 cm³/mol. The van der Waals surface area contributed by atoms with Crippen LogP contribution in [0.25, 0.3) is 0 Å². The third-order valence-electron chi connectivity index (χ3n) is 8.27. The van der Waals surface area contributed by atoms with Crippen molar-refractivity contribution in [3.8, 4) is 0 Å². The van der Waals surface area contributed by atoms with E-state index in [1.165, 1.54) is 4.31 Å². The molecule has 8 nitrogen and oxygen atoms in total. The molecule has 2 aliphatic rings. The predicted octanol–water partition coefficient (Wildman–Crippen LogP) is 5.79. The van der Waals surface area contributed by atoms with Crippen molar-refractivity contribution in [3.05, 3.63) is 82.4 Å². The second-order valence-electron chi connectivity index (χ2n) is 11.5. The summed E-state index contributed by atoms with van der Waals surface area (Å²) in [4.78, 5) is 16.5. The first kappa shape index (κ1) is 33.0. The number of carbonyl (C=O) groups is 1. The third kappa shape index (κ3) is 7.39. The van der Waals surface area contributed by atoms with Crippen LogP contribution < -0.4 is 0 Å². The number of sulfonamides is 1. The van der Waals surface area contributed by atoms with Gasteiger partial charge >= 0.3 is 0 Å². The van der Waals surface area contributed by atoms with Crippen molar-refractivity contribution in [1.82, 2.24) is 9.21 Å². The summed E-state index contributed by atoms with van der Waals surface area (Å²) >= 11 is 12.7. The minimum absolute atomic E-state index is 0.185. The maximum Gasteiger partial charge on any atom is 0.264 e. The lowest BCUT2D eigenvalue weighted by atomic mass is 9.66. The molecule has 4 atom stereocenters. The van der Waals surface area contributed by atoms with Crippen molar-refractivity contribution < 1.29 is 25.8 Å². The highest BCUT2D eigenvalue weighted by Gasteiger charge is 2.53. The van der Waals surface area contributed by atoms with E-state index < -0.39 is 37.6 Å². The minimum atomic E-state index is -3.85. The number of likely N-dealkylation sites (tertiary alicyclic amines) is 1. The number of benzene rings is 2. The van der Waals surface area contributed by atoms with Crippen LogP contribution in [-0.4, -0.2) is 69.7 Å². The van der Waals surface area contributed by atoms with Gasteiger partial charge in [0.25, 0.3) is 10.1 Å². The zero-order valence-corrected chi connectivity index (χ0v) is 27.2. The Bertz CT molecular complexity index is 1510. The fourth-order valence-electron chi connectivity index (χ4n) is 5.88. The van der Waals surface area contributed by atoms with Gasteiger partial charge in [-0.05, 0) is 74.4 Å². The van der Waals surface area contributed by atoms with E-state index in [9.17, 15) is 21.6 Å². The summed E-state index contributed by atoms with van der Waals surface area (Å²) in [6.45, 7) is 5.65. The van der Waals surface area contributed by atoms with E-state index in [0.717, 1.165) is 17.4 Å². The first-order chi connectivity index (χ1) is 19.7. The van der Waals surface area contributed by atoms with Crippen LogP contribution in [-0.2, 0) is 29.1 Å². The zero-order valence-electron chi connectivity index (χ0n) is 24.1. The standard InChI is InChI=1S/C30H38Cl2N2O6S2/c1-5-16-30(20-40-41(4,36)37)19-27(23-7-6-8-25(32)18-23)28(22-9-11-24(31)12-10-22)34(29(30)35)21(2)15-17-33(3)42(38,39)26-13-14-26/h5-12,18,21,26-28H,1,13-17,19-20H2,2-4H3/t21-,27+,28+,30-/m0/s1. The summed E-state index contributed by atoms with van der Waals surface area (Å²) < 4.78 is 56.6. The average Bonchev–Trinajstić information content (AvgIpc) is 3.78.